The van der Waals surface area contributed by atoms with Crippen LogP contribution < -0.4 is 5.32 Å². The van der Waals surface area contributed by atoms with Crippen LogP contribution in [0.15, 0.2) is 30.3 Å². The summed E-state index contributed by atoms with van der Waals surface area (Å²) in [6.45, 7) is 5.14. The summed E-state index contributed by atoms with van der Waals surface area (Å²) >= 11 is 0. The third-order valence-corrected chi connectivity index (χ3v) is 2.04. The van der Waals surface area contributed by atoms with Gasteiger partial charge in [0.05, 0.1) is 0 Å². The largest absolute Gasteiger partial charge is 0.479 e. The highest BCUT2D eigenvalue weighted by Gasteiger charge is 2.24. The number of carbonyl (C=O) groups is 2. The molecule has 0 spiro atoms. The van der Waals surface area contributed by atoms with Gasteiger partial charge in [0.25, 0.3) is 0 Å². The van der Waals surface area contributed by atoms with Gasteiger partial charge in [0.2, 0.25) is 0 Å². The maximum atomic E-state index is 11.6. The number of rotatable bonds is 3. The molecule has 2 N–H and O–H groups in total. The normalized spacial score (nSPS) is 11.9. The molecular weight excluding hydrogens is 270 g/mol. The lowest BCUT2D eigenvalue weighted by Gasteiger charge is -2.22. The summed E-state index contributed by atoms with van der Waals surface area (Å²) in [6.07, 6.45) is -0.751. The second-order valence-electron chi connectivity index (χ2n) is 4.83. The molecule has 0 bridgehead atoms. The number of carbonyl (C=O) groups excluding carboxylic acids is 1. The van der Waals surface area contributed by atoms with E-state index in [2.05, 4.69) is 5.32 Å². The van der Waals surface area contributed by atoms with Gasteiger partial charge in [0.1, 0.15) is 5.60 Å². The van der Waals surface area contributed by atoms with Crippen molar-refractivity contribution in [1.82, 2.24) is 5.32 Å². The Kier molecular flexibility index (Phi) is 6.35. The number of benzene rings is 1. The molecule has 0 saturated heterocycles. The van der Waals surface area contributed by atoms with Gasteiger partial charge < -0.3 is 15.2 Å². The molecule has 1 unspecified atom stereocenters. The van der Waals surface area contributed by atoms with Crippen LogP contribution in [0.25, 0.3) is 0 Å². The number of halogens is 1. The highest BCUT2D eigenvalue weighted by atomic mass is 35.5. The highest BCUT2D eigenvalue weighted by Crippen LogP contribution is 2.14. The second kappa shape index (κ2) is 6.99. The van der Waals surface area contributed by atoms with E-state index in [4.69, 9.17) is 9.84 Å². The lowest BCUT2D eigenvalue weighted by atomic mass is 10.1. The van der Waals surface area contributed by atoms with Gasteiger partial charge in [-0.15, -0.1) is 12.4 Å². The number of alkyl carbamates (subject to hydrolysis) is 1. The number of carboxylic acid groups (broad SMARTS) is 1. The molecule has 1 rings (SSSR count). The van der Waals surface area contributed by atoms with Gasteiger partial charge in [-0.2, -0.15) is 0 Å². The van der Waals surface area contributed by atoms with Gasteiger partial charge in [-0.1, -0.05) is 30.3 Å². The Balaban J connectivity index is 0.00000324. The molecule has 1 aromatic rings. The Hall–Kier alpha value is -1.75. The zero-order valence-corrected chi connectivity index (χ0v) is 11.9. The maximum Gasteiger partial charge on any atom is 0.408 e. The van der Waals surface area contributed by atoms with Crippen LogP contribution in [0.4, 0.5) is 4.79 Å². The SMILES string of the molecule is CC(C)(C)OC(=O)NC(C(=O)O)c1ccccc1.Cl. The van der Waals surface area contributed by atoms with Crippen molar-refractivity contribution in [2.45, 2.75) is 32.4 Å². The molecule has 5 nitrogen and oxygen atoms in total. The van der Waals surface area contributed by atoms with Gasteiger partial charge >= 0.3 is 12.1 Å². The van der Waals surface area contributed by atoms with Crippen molar-refractivity contribution in [3.8, 4) is 0 Å². The second-order valence-corrected chi connectivity index (χ2v) is 4.83. The van der Waals surface area contributed by atoms with Crippen molar-refractivity contribution < 1.29 is 19.4 Å². The van der Waals surface area contributed by atoms with E-state index in [0.717, 1.165) is 0 Å². The molecule has 0 heterocycles. The quantitative estimate of drug-likeness (QED) is 0.896. The molecule has 6 heteroatoms. The van der Waals surface area contributed by atoms with Crippen molar-refractivity contribution in [2.75, 3.05) is 0 Å². The van der Waals surface area contributed by atoms with Gasteiger partial charge in [0.15, 0.2) is 6.04 Å². The molecular formula is C13H18ClNO4. The molecule has 0 aromatic heterocycles. The third-order valence-electron chi connectivity index (χ3n) is 2.04. The highest BCUT2D eigenvalue weighted by molar-refractivity contribution is 5.85. The van der Waals surface area contributed by atoms with Crippen LogP contribution in [-0.4, -0.2) is 22.8 Å². The lowest BCUT2D eigenvalue weighted by molar-refractivity contribution is -0.139. The molecule has 1 amide bonds. The van der Waals surface area contributed by atoms with E-state index in [1.807, 2.05) is 0 Å². The molecule has 0 aliphatic heterocycles. The van der Waals surface area contributed by atoms with Crippen molar-refractivity contribution in [3.05, 3.63) is 35.9 Å². The monoisotopic (exact) mass is 287 g/mol. The minimum Gasteiger partial charge on any atom is -0.479 e. The van der Waals surface area contributed by atoms with Crippen molar-refractivity contribution in [2.24, 2.45) is 0 Å². The number of carboxylic acids is 1. The molecule has 19 heavy (non-hydrogen) atoms. The minimum absolute atomic E-state index is 0. The fourth-order valence-electron chi connectivity index (χ4n) is 1.36. The van der Waals surface area contributed by atoms with Crippen LogP contribution in [0.3, 0.4) is 0 Å². The first-order chi connectivity index (χ1) is 8.29. The van der Waals surface area contributed by atoms with Crippen LogP contribution in [0.5, 0.6) is 0 Å². The summed E-state index contributed by atoms with van der Waals surface area (Å²) in [7, 11) is 0. The van der Waals surface area contributed by atoms with E-state index >= 15 is 0 Å². The fraction of sp³-hybridized carbons (Fsp3) is 0.385. The Morgan fingerprint density at radius 1 is 1.21 bits per heavy atom. The number of aliphatic carboxylic acids is 1. The first-order valence-corrected chi connectivity index (χ1v) is 5.57. The standard InChI is InChI=1S/C13H17NO4.ClH/c1-13(2,3)18-12(17)14-10(11(15)16)9-7-5-4-6-8-9;/h4-8,10H,1-3H3,(H,14,17)(H,15,16);1H. The van der Waals surface area contributed by atoms with Gasteiger partial charge in [-0.25, -0.2) is 9.59 Å². The average Bonchev–Trinajstić information content (AvgIpc) is 2.24. The van der Waals surface area contributed by atoms with Gasteiger partial charge in [-0.3, -0.25) is 0 Å². The smallest absolute Gasteiger partial charge is 0.408 e. The molecule has 0 aliphatic carbocycles. The van der Waals surface area contributed by atoms with Crippen LogP contribution >= 0.6 is 12.4 Å². The van der Waals surface area contributed by atoms with Crippen molar-refractivity contribution in [1.29, 1.82) is 0 Å². The maximum absolute atomic E-state index is 11.6. The van der Waals surface area contributed by atoms with Crippen LogP contribution in [0.2, 0.25) is 0 Å². The molecule has 0 radical (unpaired) electrons. The number of ether oxygens (including phenoxy) is 1. The molecule has 0 aliphatic rings. The van der Waals surface area contributed by atoms with E-state index in [1.165, 1.54) is 0 Å². The summed E-state index contributed by atoms with van der Waals surface area (Å²) in [4.78, 5) is 22.7. The Morgan fingerprint density at radius 3 is 2.16 bits per heavy atom. The summed E-state index contributed by atoms with van der Waals surface area (Å²) in [5, 5.41) is 11.4. The zero-order valence-electron chi connectivity index (χ0n) is 11.0. The number of hydrogen-bond acceptors (Lipinski definition) is 3. The van der Waals surface area contributed by atoms with Crippen molar-refractivity contribution >= 4 is 24.5 Å². The van der Waals surface area contributed by atoms with Gasteiger partial charge in [0, 0.05) is 0 Å². The van der Waals surface area contributed by atoms with Crippen molar-refractivity contribution in [3.63, 3.8) is 0 Å². The molecule has 1 aromatic carbocycles. The average molecular weight is 288 g/mol. The minimum atomic E-state index is -1.13. The Morgan fingerprint density at radius 2 is 1.74 bits per heavy atom. The van der Waals surface area contributed by atoms with Crippen LogP contribution in [0.1, 0.15) is 32.4 Å². The van der Waals surface area contributed by atoms with Crippen LogP contribution in [-0.2, 0) is 9.53 Å². The van der Waals surface area contributed by atoms with Crippen LogP contribution in [0, 0.1) is 0 Å². The lowest BCUT2D eigenvalue weighted by Crippen LogP contribution is -2.38. The van der Waals surface area contributed by atoms with E-state index in [0.29, 0.717) is 5.56 Å². The molecule has 106 valence electrons. The first-order valence-electron chi connectivity index (χ1n) is 5.57. The summed E-state index contributed by atoms with van der Waals surface area (Å²) < 4.78 is 5.03. The number of nitrogens with one attached hydrogen (secondary N) is 1. The predicted molar refractivity (Wildman–Crippen MR) is 73.4 cm³/mol. The van der Waals surface area contributed by atoms with E-state index in [1.54, 1.807) is 51.1 Å². The van der Waals surface area contributed by atoms with Gasteiger partial charge in [-0.05, 0) is 26.3 Å². The molecule has 0 saturated carbocycles. The van der Waals surface area contributed by atoms with E-state index in [9.17, 15) is 9.59 Å². The molecule has 0 fully saturated rings. The summed E-state index contributed by atoms with van der Waals surface area (Å²) in [5.74, 6) is -1.13. The zero-order chi connectivity index (χ0) is 13.8. The fourth-order valence-corrected chi connectivity index (χ4v) is 1.36. The molecule has 1 atom stereocenters. The number of amides is 1. The predicted octanol–water partition coefficient (Wildman–Crippen LogP) is 2.76. The Labute approximate surface area is 118 Å². The van der Waals surface area contributed by atoms with E-state index in [-0.39, 0.29) is 12.4 Å². The topological polar surface area (TPSA) is 75.6 Å². The number of hydrogen-bond donors (Lipinski definition) is 2. The summed E-state index contributed by atoms with van der Waals surface area (Å²) in [5.41, 5.74) is -0.167. The third kappa shape index (κ3) is 6.10. The Bertz CT molecular complexity index is 428. The first kappa shape index (κ1) is 17.2. The van der Waals surface area contributed by atoms with E-state index < -0.39 is 23.7 Å². The summed E-state index contributed by atoms with van der Waals surface area (Å²) in [6, 6.07) is 7.35.